The first-order valence-electron chi connectivity index (χ1n) is 9.77. The second-order valence-electron chi connectivity index (χ2n) is 6.84. The van der Waals surface area contributed by atoms with Crippen LogP contribution in [0.25, 0.3) is 11.4 Å². The van der Waals surface area contributed by atoms with Crippen molar-refractivity contribution in [3.05, 3.63) is 102 Å². The van der Waals surface area contributed by atoms with Crippen LogP contribution in [0.2, 0.25) is 0 Å². The minimum atomic E-state index is -0.0891. The van der Waals surface area contributed by atoms with E-state index in [1.54, 1.807) is 0 Å². The number of benzene rings is 3. The first-order chi connectivity index (χ1) is 14.8. The third kappa shape index (κ3) is 5.36. The number of hydrogen-bond acceptors (Lipinski definition) is 4. The van der Waals surface area contributed by atoms with Crippen molar-refractivity contribution < 1.29 is 4.79 Å². The molecule has 0 saturated carbocycles. The molecule has 2 N–H and O–H groups in total. The Bertz CT molecular complexity index is 1070. The summed E-state index contributed by atoms with van der Waals surface area (Å²) in [6.07, 6.45) is 0.736. The maximum Gasteiger partial charge on any atom is 0.230 e. The van der Waals surface area contributed by atoms with Gasteiger partial charge in [0.05, 0.1) is 11.8 Å². The van der Waals surface area contributed by atoms with Crippen LogP contribution < -0.4 is 5.32 Å². The van der Waals surface area contributed by atoms with Crippen molar-refractivity contribution in [2.24, 2.45) is 0 Å². The predicted molar refractivity (Wildman–Crippen MR) is 120 cm³/mol. The van der Waals surface area contributed by atoms with Gasteiger partial charge in [0.1, 0.15) is 0 Å². The number of aromatic nitrogens is 3. The van der Waals surface area contributed by atoms with Gasteiger partial charge < -0.3 is 5.32 Å². The van der Waals surface area contributed by atoms with Crippen molar-refractivity contribution in [2.75, 3.05) is 5.75 Å². The van der Waals surface area contributed by atoms with Crippen LogP contribution in [0, 0.1) is 0 Å². The highest BCUT2D eigenvalue weighted by molar-refractivity contribution is 7.99. The van der Waals surface area contributed by atoms with Gasteiger partial charge in [-0.25, -0.2) is 4.98 Å². The summed E-state index contributed by atoms with van der Waals surface area (Å²) < 4.78 is 0. The molecule has 0 radical (unpaired) electrons. The second kappa shape index (κ2) is 9.89. The third-order valence-corrected chi connectivity index (χ3v) is 5.51. The van der Waals surface area contributed by atoms with Crippen LogP contribution in [0.1, 0.15) is 17.2 Å². The highest BCUT2D eigenvalue weighted by atomic mass is 32.2. The highest BCUT2D eigenvalue weighted by Crippen LogP contribution is 2.21. The Morgan fingerprint density at radius 2 is 1.53 bits per heavy atom. The average Bonchev–Trinajstić information content (AvgIpc) is 3.28. The van der Waals surface area contributed by atoms with Crippen LogP contribution in [-0.4, -0.2) is 26.8 Å². The summed E-state index contributed by atoms with van der Waals surface area (Å²) in [5.41, 5.74) is 3.23. The Morgan fingerprint density at radius 3 is 2.23 bits per heavy atom. The highest BCUT2D eigenvalue weighted by Gasteiger charge is 2.16. The summed E-state index contributed by atoms with van der Waals surface area (Å²) in [6, 6.07) is 30.0. The Hall–Kier alpha value is -3.38. The molecule has 1 unspecified atom stereocenters. The van der Waals surface area contributed by atoms with Crippen molar-refractivity contribution in [2.45, 2.75) is 17.6 Å². The molecule has 0 bridgehead atoms. The number of nitrogens with zero attached hydrogens (tertiary/aromatic N) is 2. The standard InChI is InChI=1S/C24H22N4OS/c29-22(17-30-24-26-23(27-28-24)20-14-8-3-9-15-20)25-21(19-12-6-2-7-13-19)16-18-10-4-1-5-11-18/h1-15,21H,16-17H2,(H,25,29)(H,26,27,28). The Morgan fingerprint density at radius 1 is 0.900 bits per heavy atom. The van der Waals surface area contributed by atoms with E-state index >= 15 is 0 Å². The largest absolute Gasteiger partial charge is 0.348 e. The molecule has 0 fully saturated rings. The monoisotopic (exact) mass is 414 g/mol. The second-order valence-corrected chi connectivity index (χ2v) is 7.78. The molecule has 4 aromatic rings. The molecule has 3 aromatic carbocycles. The number of carbonyl (C=O) groups is 1. The lowest BCUT2D eigenvalue weighted by Gasteiger charge is -2.19. The minimum Gasteiger partial charge on any atom is -0.348 e. The molecule has 0 spiro atoms. The van der Waals surface area contributed by atoms with Gasteiger partial charge in [-0.2, -0.15) is 0 Å². The zero-order valence-electron chi connectivity index (χ0n) is 16.4. The zero-order valence-corrected chi connectivity index (χ0v) is 17.2. The Balaban J connectivity index is 1.39. The molecule has 1 aromatic heterocycles. The molecule has 5 nitrogen and oxygen atoms in total. The number of nitrogens with one attached hydrogen (secondary N) is 2. The molecule has 1 amide bonds. The van der Waals surface area contributed by atoms with E-state index < -0.39 is 0 Å². The smallest absolute Gasteiger partial charge is 0.230 e. The number of rotatable bonds is 8. The fourth-order valence-corrected chi connectivity index (χ4v) is 3.80. The van der Waals surface area contributed by atoms with E-state index in [1.807, 2.05) is 78.9 Å². The van der Waals surface area contributed by atoms with E-state index in [4.69, 9.17) is 0 Å². The maximum absolute atomic E-state index is 12.7. The summed E-state index contributed by atoms with van der Waals surface area (Å²) in [4.78, 5) is 17.1. The molecule has 6 heteroatoms. The fourth-order valence-electron chi connectivity index (χ4n) is 3.19. The molecule has 1 atom stereocenters. The van der Waals surface area contributed by atoms with Crippen molar-refractivity contribution in [3.8, 4) is 11.4 Å². The van der Waals surface area contributed by atoms with E-state index in [1.165, 1.54) is 17.3 Å². The number of carbonyl (C=O) groups excluding carboxylic acids is 1. The van der Waals surface area contributed by atoms with E-state index in [9.17, 15) is 4.79 Å². The summed E-state index contributed by atoms with van der Waals surface area (Å²) in [5.74, 6) is 0.907. The topological polar surface area (TPSA) is 70.7 Å². The molecule has 0 saturated heterocycles. The van der Waals surface area contributed by atoms with E-state index in [0.717, 1.165) is 17.5 Å². The predicted octanol–water partition coefficient (Wildman–Crippen LogP) is 4.66. The van der Waals surface area contributed by atoms with E-state index in [0.29, 0.717) is 11.0 Å². The number of hydrogen-bond donors (Lipinski definition) is 2. The Kier molecular flexibility index (Phi) is 6.57. The molecule has 1 heterocycles. The Labute approximate surface area is 180 Å². The van der Waals surface area contributed by atoms with Gasteiger partial charge >= 0.3 is 0 Å². The van der Waals surface area contributed by atoms with Gasteiger partial charge in [-0.3, -0.25) is 9.89 Å². The molecule has 150 valence electrons. The molecule has 4 rings (SSSR count). The van der Waals surface area contributed by atoms with Crippen LogP contribution in [-0.2, 0) is 11.2 Å². The van der Waals surface area contributed by atoms with Gasteiger partial charge in [0.25, 0.3) is 0 Å². The van der Waals surface area contributed by atoms with Gasteiger partial charge in [-0.15, -0.1) is 5.10 Å². The number of amides is 1. The molecule has 30 heavy (non-hydrogen) atoms. The summed E-state index contributed by atoms with van der Waals surface area (Å²) in [7, 11) is 0. The van der Waals surface area contributed by atoms with E-state index in [-0.39, 0.29) is 17.7 Å². The number of aromatic amines is 1. The molecule has 0 aliphatic heterocycles. The summed E-state index contributed by atoms with van der Waals surface area (Å²) >= 11 is 1.32. The quantitative estimate of drug-likeness (QED) is 0.411. The third-order valence-electron chi connectivity index (χ3n) is 4.66. The van der Waals surface area contributed by atoms with Gasteiger partial charge in [0.15, 0.2) is 5.82 Å². The van der Waals surface area contributed by atoms with Gasteiger partial charge in [0, 0.05) is 5.56 Å². The van der Waals surface area contributed by atoms with Gasteiger partial charge in [0.2, 0.25) is 11.1 Å². The lowest BCUT2D eigenvalue weighted by molar-refractivity contribution is -0.119. The van der Waals surface area contributed by atoms with Crippen molar-refractivity contribution >= 4 is 17.7 Å². The minimum absolute atomic E-state index is 0.0455. The normalized spacial score (nSPS) is 11.7. The fraction of sp³-hybridized carbons (Fsp3) is 0.125. The summed E-state index contributed by atoms with van der Waals surface area (Å²) in [6.45, 7) is 0. The first kappa shape index (κ1) is 19.9. The van der Waals surface area contributed by atoms with Crippen molar-refractivity contribution in [1.29, 1.82) is 0 Å². The summed E-state index contributed by atoms with van der Waals surface area (Å²) in [5, 5.41) is 10.9. The van der Waals surface area contributed by atoms with Crippen LogP contribution in [0.5, 0.6) is 0 Å². The zero-order chi connectivity index (χ0) is 20.6. The maximum atomic E-state index is 12.7. The molecule has 0 aliphatic rings. The lowest BCUT2D eigenvalue weighted by atomic mass is 9.99. The van der Waals surface area contributed by atoms with Crippen molar-refractivity contribution in [1.82, 2.24) is 20.5 Å². The lowest BCUT2D eigenvalue weighted by Crippen LogP contribution is -2.31. The van der Waals surface area contributed by atoms with Crippen LogP contribution in [0.4, 0.5) is 0 Å². The SMILES string of the molecule is O=C(CSc1n[nH]c(-c2ccccc2)n1)NC(Cc1ccccc1)c1ccccc1. The average molecular weight is 415 g/mol. The molecular weight excluding hydrogens is 392 g/mol. The van der Waals surface area contributed by atoms with Gasteiger partial charge in [-0.1, -0.05) is 103 Å². The molecule has 0 aliphatic carbocycles. The van der Waals surface area contributed by atoms with Crippen LogP contribution in [0.3, 0.4) is 0 Å². The number of H-pyrrole nitrogens is 1. The first-order valence-corrected chi connectivity index (χ1v) is 10.8. The van der Waals surface area contributed by atoms with Crippen LogP contribution >= 0.6 is 11.8 Å². The molecular formula is C24H22N4OS. The van der Waals surface area contributed by atoms with Crippen molar-refractivity contribution in [3.63, 3.8) is 0 Å². The van der Waals surface area contributed by atoms with Crippen LogP contribution in [0.15, 0.2) is 96.2 Å². The number of thioether (sulfide) groups is 1. The van der Waals surface area contributed by atoms with E-state index in [2.05, 4.69) is 32.6 Å². The van der Waals surface area contributed by atoms with Gasteiger partial charge in [-0.05, 0) is 17.5 Å².